The lowest BCUT2D eigenvalue weighted by Gasteiger charge is -2.24. The molecule has 172 valence electrons. The number of nitrogens with one attached hydrogen (secondary N) is 3. The Kier molecular flexibility index (Phi) is 12.7. The van der Waals surface area contributed by atoms with Crippen LogP contribution in [0.1, 0.15) is 26.7 Å². The van der Waals surface area contributed by atoms with E-state index in [4.69, 9.17) is 11.5 Å². The van der Waals surface area contributed by atoms with Gasteiger partial charge in [-0.2, -0.15) is 11.8 Å². The number of hydrogen-bond acceptors (Lipinski definition) is 8. The van der Waals surface area contributed by atoms with Crippen LogP contribution in [0, 0.1) is 5.92 Å². The molecule has 0 aliphatic carbocycles. The molecule has 0 aliphatic heterocycles. The highest BCUT2D eigenvalue weighted by Crippen LogP contribution is 2.03. The van der Waals surface area contributed by atoms with Gasteiger partial charge in [0.15, 0.2) is 0 Å². The Morgan fingerprint density at radius 1 is 0.933 bits per heavy atom. The minimum atomic E-state index is -1.50. The van der Waals surface area contributed by atoms with Crippen LogP contribution in [0.25, 0.3) is 0 Å². The van der Waals surface area contributed by atoms with Crippen molar-refractivity contribution in [2.45, 2.75) is 50.9 Å². The van der Waals surface area contributed by atoms with Crippen molar-refractivity contribution < 1.29 is 34.2 Å². The molecular formula is C17H31N5O7S. The number of carboxylic acids is 1. The van der Waals surface area contributed by atoms with Gasteiger partial charge in [0.2, 0.25) is 23.6 Å². The third kappa shape index (κ3) is 9.89. The lowest BCUT2D eigenvalue weighted by atomic mass is 10.0. The van der Waals surface area contributed by atoms with E-state index >= 15 is 0 Å². The number of aliphatic carboxylic acids is 1. The highest BCUT2D eigenvalue weighted by molar-refractivity contribution is 7.98. The predicted molar refractivity (Wildman–Crippen MR) is 110 cm³/mol. The molecule has 0 heterocycles. The third-order valence-corrected chi connectivity index (χ3v) is 4.74. The van der Waals surface area contributed by atoms with Gasteiger partial charge in [0, 0.05) is 0 Å². The van der Waals surface area contributed by atoms with Crippen molar-refractivity contribution >= 4 is 41.4 Å². The maximum absolute atomic E-state index is 12.5. The van der Waals surface area contributed by atoms with E-state index in [-0.39, 0.29) is 12.3 Å². The van der Waals surface area contributed by atoms with Crippen molar-refractivity contribution in [1.29, 1.82) is 0 Å². The number of carboxylic acid groups (broad SMARTS) is 1. The Balaban J connectivity index is 5.22. The summed E-state index contributed by atoms with van der Waals surface area (Å²) in [4.78, 5) is 59.4. The van der Waals surface area contributed by atoms with Crippen LogP contribution >= 0.6 is 11.8 Å². The zero-order valence-corrected chi connectivity index (χ0v) is 18.0. The Labute approximate surface area is 178 Å². The molecule has 0 rings (SSSR count). The summed E-state index contributed by atoms with van der Waals surface area (Å²) in [5.41, 5.74) is 10.8. The topological polar surface area (TPSA) is 214 Å². The van der Waals surface area contributed by atoms with Gasteiger partial charge in [0.1, 0.15) is 18.1 Å². The molecule has 4 unspecified atom stereocenters. The summed E-state index contributed by atoms with van der Waals surface area (Å²) >= 11 is 1.39. The molecule has 13 heteroatoms. The SMILES string of the molecule is CSCCC(NC(=O)C(CO)NC(=O)C(CC(N)=O)NC(=O)C(N)C(C)C)C(=O)O. The number of carbonyl (C=O) groups is 5. The fourth-order valence-electron chi connectivity index (χ4n) is 2.21. The van der Waals surface area contributed by atoms with Gasteiger partial charge in [0.05, 0.1) is 19.1 Å². The fourth-order valence-corrected chi connectivity index (χ4v) is 2.68. The summed E-state index contributed by atoms with van der Waals surface area (Å²) in [5, 5.41) is 25.4. The average Bonchev–Trinajstić information content (AvgIpc) is 2.66. The highest BCUT2D eigenvalue weighted by Gasteiger charge is 2.31. The summed E-state index contributed by atoms with van der Waals surface area (Å²) in [5.74, 6) is -4.50. The van der Waals surface area contributed by atoms with Crippen LogP contribution in [0.2, 0.25) is 0 Å². The summed E-state index contributed by atoms with van der Waals surface area (Å²) in [6.07, 6.45) is 1.35. The van der Waals surface area contributed by atoms with Crippen LogP contribution < -0.4 is 27.4 Å². The van der Waals surface area contributed by atoms with E-state index in [0.717, 1.165) is 0 Å². The molecule has 9 N–H and O–H groups in total. The molecule has 12 nitrogen and oxygen atoms in total. The van der Waals surface area contributed by atoms with Crippen molar-refractivity contribution in [2.75, 3.05) is 18.6 Å². The minimum absolute atomic E-state index is 0.141. The quantitative estimate of drug-likeness (QED) is 0.145. The van der Waals surface area contributed by atoms with Gasteiger partial charge < -0.3 is 37.6 Å². The van der Waals surface area contributed by atoms with E-state index in [1.165, 1.54) is 11.8 Å². The molecule has 0 bridgehead atoms. The van der Waals surface area contributed by atoms with E-state index in [1.54, 1.807) is 20.1 Å². The number of hydrogen-bond donors (Lipinski definition) is 7. The maximum Gasteiger partial charge on any atom is 0.326 e. The highest BCUT2D eigenvalue weighted by atomic mass is 32.2. The van der Waals surface area contributed by atoms with Gasteiger partial charge >= 0.3 is 5.97 Å². The smallest absolute Gasteiger partial charge is 0.326 e. The Bertz CT molecular complexity index is 632. The number of carbonyl (C=O) groups excluding carboxylic acids is 4. The van der Waals surface area contributed by atoms with Crippen molar-refractivity contribution in [2.24, 2.45) is 17.4 Å². The second kappa shape index (κ2) is 13.8. The molecule has 0 fully saturated rings. The molecule has 4 amide bonds. The maximum atomic E-state index is 12.5. The second-order valence-electron chi connectivity index (χ2n) is 6.93. The molecule has 0 spiro atoms. The van der Waals surface area contributed by atoms with Crippen LogP contribution in [0.15, 0.2) is 0 Å². The summed E-state index contributed by atoms with van der Waals surface area (Å²) in [7, 11) is 0. The van der Waals surface area contributed by atoms with Crippen molar-refractivity contribution in [3.63, 3.8) is 0 Å². The monoisotopic (exact) mass is 449 g/mol. The van der Waals surface area contributed by atoms with E-state index in [1.807, 2.05) is 0 Å². The number of thioether (sulfide) groups is 1. The first kappa shape index (κ1) is 27.6. The van der Waals surface area contributed by atoms with Crippen LogP contribution in [0.4, 0.5) is 0 Å². The Morgan fingerprint density at radius 3 is 1.87 bits per heavy atom. The summed E-state index contributed by atoms with van der Waals surface area (Å²) < 4.78 is 0. The van der Waals surface area contributed by atoms with Gasteiger partial charge in [-0.3, -0.25) is 19.2 Å². The van der Waals surface area contributed by atoms with Gasteiger partial charge in [-0.1, -0.05) is 13.8 Å². The van der Waals surface area contributed by atoms with Crippen LogP contribution in [0.5, 0.6) is 0 Å². The molecule has 4 atom stereocenters. The molecule has 0 aliphatic rings. The molecule has 30 heavy (non-hydrogen) atoms. The minimum Gasteiger partial charge on any atom is -0.480 e. The summed E-state index contributed by atoms with van der Waals surface area (Å²) in [6.45, 7) is 2.54. The molecule has 0 saturated carbocycles. The van der Waals surface area contributed by atoms with Gasteiger partial charge in [-0.05, 0) is 24.3 Å². The van der Waals surface area contributed by atoms with E-state index < -0.39 is 66.8 Å². The van der Waals surface area contributed by atoms with Crippen LogP contribution in [-0.2, 0) is 24.0 Å². The molecule has 0 aromatic carbocycles. The fraction of sp³-hybridized carbons (Fsp3) is 0.706. The van der Waals surface area contributed by atoms with Gasteiger partial charge in [-0.15, -0.1) is 0 Å². The van der Waals surface area contributed by atoms with Crippen molar-refractivity contribution in [1.82, 2.24) is 16.0 Å². The van der Waals surface area contributed by atoms with Gasteiger partial charge in [-0.25, -0.2) is 4.79 Å². The van der Waals surface area contributed by atoms with E-state index in [0.29, 0.717) is 5.75 Å². The Hall–Kier alpha value is -2.38. The second-order valence-corrected chi connectivity index (χ2v) is 7.91. The average molecular weight is 450 g/mol. The molecule has 0 aromatic heterocycles. The van der Waals surface area contributed by atoms with Gasteiger partial charge in [0.25, 0.3) is 0 Å². The van der Waals surface area contributed by atoms with E-state index in [9.17, 15) is 34.2 Å². The standard InChI is InChI=1S/C17H31N5O7S/c1-8(2)13(19)16(27)21-10(6-12(18)24)14(25)22-11(7-23)15(26)20-9(17(28)29)4-5-30-3/h8-11,13,23H,4-7,19H2,1-3H3,(H2,18,24)(H,20,26)(H,21,27)(H,22,25)(H,28,29). The number of aliphatic hydroxyl groups excluding tert-OH is 1. The Morgan fingerprint density at radius 2 is 1.43 bits per heavy atom. The van der Waals surface area contributed by atoms with Crippen LogP contribution in [-0.4, -0.2) is 82.6 Å². The largest absolute Gasteiger partial charge is 0.480 e. The number of rotatable bonds is 14. The molecule has 0 saturated heterocycles. The number of primary amides is 1. The van der Waals surface area contributed by atoms with Crippen LogP contribution in [0.3, 0.4) is 0 Å². The first-order valence-corrected chi connectivity index (χ1v) is 10.6. The third-order valence-electron chi connectivity index (χ3n) is 4.10. The number of nitrogens with two attached hydrogens (primary N) is 2. The lowest BCUT2D eigenvalue weighted by molar-refractivity contribution is -0.142. The molecule has 0 radical (unpaired) electrons. The number of aliphatic hydroxyl groups is 1. The normalized spacial score (nSPS) is 14.9. The van der Waals surface area contributed by atoms with E-state index in [2.05, 4.69) is 16.0 Å². The first-order valence-electron chi connectivity index (χ1n) is 9.22. The molecule has 0 aromatic rings. The van der Waals surface area contributed by atoms with Crippen molar-refractivity contribution in [3.8, 4) is 0 Å². The zero-order chi connectivity index (χ0) is 23.4. The number of amides is 4. The zero-order valence-electron chi connectivity index (χ0n) is 17.2. The predicted octanol–water partition coefficient (Wildman–Crippen LogP) is -2.87. The van der Waals surface area contributed by atoms with Crippen molar-refractivity contribution in [3.05, 3.63) is 0 Å². The first-order chi connectivity index (χ1) is 13.9. The summed E-state index contributed by atoms with van der Waals surface area (Å²) in [6, 6.07) is -5.08. The lowest BCUT2D eigenvalue weighted by Crippen LogP contribution is -2.59. The molecular weight excluding hydrogens is 418 g/mol.